The number of carbonyl (C=O) groups excluding carboxylic acids is 1. The highest BCUT2D eigenvalue weighted by molar-refractivity contribution is 7.89. The lowest BCUT2D eigenvalue weighted by Crippen LogP contribution is -2.60. The van der Waals surface area contributed by atoms with Crippen molar-refractivity contribution in [2.45, 2.75) is 113 Å². The van der Waals surface area contributed by atoms with Crippen molar-refractivity contribution < 1.29 is 40.9 Å². The number of amides is 1. The summed E-state index contributed by atoms with van der Waals surface area (Å²) in [4.78, 5) is 28.6. The van der Waals surface area contributed by atoms with Gasteiger partial charge < -0.3 is 23.9 Å². The molecule has 2 aromatic carbocycles. The lowest BCUT2D eigenvalue weighted by atomic mass is 9.80. The van der Waals surface area contributed by atoms with Crippen LogP contribution in [0.2, 0.25) is 0 Å². The number of nitrogens with zero attached hydrogens (tertiary/aromatic N) is 3. The molecule has 1 unspecified atom stereocenters. The van der Waals surface area contributed by atoms with E-state index in [2.05, 4.69) is 0 Å². The van der Waals surface area contributed by atoms with Gasteiger partial charge in [0.2, 0.25) is 25.5 Å². The van der Waals surface area contributed by atoms with Crippen LogP contribution in [0.15, 0.2) is 69.3 Å². The maximum Gasteiger partial charge on any atom is 0.410 e. The highest BCUT2D eigenvalue weighted by atomic mass is 32.2. The number of aliphatic hydroxyl groups excluding tert-OH is 1. The van der Waals surface area contributed by atoms with E-state index in [0.29, 0.717) is 36.7 Å². The van der Waals surface area contributed by atoms with Gasteiger partial charge in [0.25, 0.3) is 0 Å². The van der Waals surface area contributed by atoms with Crippen molar-refractivity contribution in [3.63, 3.8) is 0 Å². The first-order valence-corrected chi connectivity index (χ1v) is 20.8. The van der Waals surface area contributed by atoms with Crippen molar-refractivity contribution in [1.29, 1.82) is 0 Å². The normalized spacial score (nSPS) is 19.6. The number of carbonyl (C=O) groups is 1. The molecule has 3 N–H and O–H groups in total. The Bertz CT molecular complexity index is 2100. The number of aryl methyl sites for hydroxylation is 1. The monoisotopic (exact) mass is 776 g/mol. The SMILES string of the molecule is CCn1cc(S(=O)(=O)N2CCC3(CC2)C[C@@H](N(C(=O)OC(C)(C)C)C([C@H](O)COc2cccc(S(N)(=O)=O)c2)C(C)(C)C)CO3)c(=O)c2ccccc21. The predicted molar refractivity (Wildman–Crippen MR) is 200 cm³/mol. The fourth-order valence-electron chi connectivity index (χ4n) is 7.38. The summed E-state index contributed by atoms with van der Waals surface area (Å²) in [5, 5.41) is 17.3. The smallest absolute Gasteiger partial charge is 0.410 e. The fourth-order valence-corrected chi connectivity index (χ4v) is 9.48. The molecule has 2 saturated heterocycles. The molecule has 53 heavy (non-hydrogen) atoms. The zero-order valence-corrected chi connectivity index (χ0v) is 33.1. The second kappa shape index (κ2) is 14.9. The van der Waals surface area contributed by atoms with Gasteiger partial charge in [0.1, 0.15) is 29.0 Å². The standard InChI is InChI=1S/C37H52N4O10S2/c1-8-39-22-31(32(43)28-14-9-10-15-29(28)39)53(47,48)40-18-16-37(17-19-40)21-25(23-50-37)41(34(44)51-36(5,6)7)33(35(2,3)4)30(42)24-49-26-12-11-13-27(20-26)52(38,45)46/h9-15,20,22,25,30,33,42H,8,16-19,21,23-24H2,1-7H3,(H2,38,45,46)/t25-,30-,33?/m1/s1. The van der Waals surface area contributed by atoms with Gasteiger partial charge in [-0.25, -0.2) is 26.8 Å². The molecule has 292 valence electrons. The van der Waals surface area contributed by atoms with Gasteiger partial charge in [0, 0.05) is 37.3 Å². The molecule has 3 aromatic rings. The Hall–Kier alpha value is -3.54. The highest BCUT2D eigenvalue weighted by Crippen LogP contribution is 2.42. The number of benzene rings is 2. The number of hydrogen-bond donors (Lipinski definition) is 2. The molecule has 1 amide bonds. The molecule has 2 aliphatic rings. The van der Waals surface area contributed by atoms with Crippen molar-refractivity contribution >= 4 is 37.0 Å². The average molecular weight is 777 g/mol. The number of aliphatic hydroxyl groups is 1. The lowest BCUT2D eigenvalue weighted by Gasteiger charge is -2.45. The Kier molecular flexibility index (Phi) is 11.5. The molecule has 2 fully saturated rings. The minimum absolute atomic E-state index is 0.108. The first-order valence-electron chi connectivity index (χ1n) is 17.8. The Labute approximate surface area is 311 Å². The zero-order chi connectivity index (χ0) is 39.1. The first-order chi connectivity index (χ1) is 24.6. The van der Waals surface area contributed by atoms with Crippen LogP contribution < -0.4 is 15.3 Å². The molecule has 0 radical (unpaired) electrons. The quantitative estimate of drug-likeness (QED) is 0.304. The summed E-state index contributed by atoms with van der Waals surface area (Å²) in [6.45, 7) is 13.3. The molecule has 0 aliphatic carbocycles. The molecule has 3 atom stereocenters. The van der Waals surface area contributed by atoms with E-state index in [1.54, 1.807) is 49.6 Å². The third-order valence-corrected chi connectivity index (χ3v) is 12.6. The number of fused-ring (bicyclic) bond motifs is 1. The number of hydrogen-bond acceptors (Lipinski definition) is 10. The number of piperidine rings is 1. The third-order valence-electron chi connectivity index (χ3n) is 9.84. The number of aromatic nitrogens is 1. The van der Waals surface area contributed by atoms with Crippen molar-refractivity contribution in [3.8, 4) is 5.75 Å². The number of sulfonamides is 2. The van der Waals surface area contributed by atoms with Crippen molar-refractivity contribution in [3.05, 3.63) is 65.0 Å². The van der Waals surface area contributed by atoms with E-state index in [0.717, 1.165) is 0 Å². The van der Waals surface area contributed by atoms with Crippen LogP contribution >= 0.6 is 0 Å². The third kappa shape index (κ3) is 8.89. The topological polar surface area (TPSA) is 188 Å². The van der Waals surface area contributed by atoms with Gasteiger partial charge in [-0.15, -0.1) is 0 Å². The predicted octanol–water partition coefficient (Wildman–Crippen LogP) is 4.07. The summed E-state index contributed by atoms with van der Waals surface area (Å²) in [5.41, 5.74) is -2.20. The van der Waals surface area contributed by atoms with Gasteiger partial charge in [-0.05, 0) is 76.6 Å². The van der Waals surface area contributed by atoms with Crippen molar-refractivity contribution in [2.75, 3.05) is 26.3 Å². The second-order valence-corrected chi connectivity index (χ2v) is 19.4. The van der Waals surface area contributed by atoms with Gasteiger partial charge in [-0.3, -0.25) is 9.69 Å². The Morgan fingerprint density at radius 3 is 2.32 bits per heavy atom. The molecular weight excluding hydrogens is 725 g/mol. The van der Waals surface area contributed by atoms with Crippen LogP contribution in [0, 0.1) is 5.41 Å². The van der Waals surface area contributed by atoms with Gasteiger partial charge in [-0.1, -0.05) is 39.0 Å². The van der Waals surface area contributed by atoms with Crippen LogP contribution in [0.1, 0.15) is 67.7 Å². The first kappa shape index (κ1) is 40.6. The maximum atomic E-state index is 14.1. The van der Waals surface area contributed by atoms with E-state index in [4.69, 9.17) is 19.3 Å². The molecule has 16 heteroatoms. The van der Waals surface area contributed by atoms with Crippen LogP contribution in [0.5, 0.6) is 5.75 Å². The van der Waals surface area contributed by atoms with Gasteiger partial charge >= 0.3 is 6.09 Å². The van der Waals surface area contributed by atoms with E-state index >= 15 is 0 Å². The van der Waals surface area contributed by atoms with E-state index < -0.39 is 66.4 Å². The highest BCUT2D eigenvalue weighted by Gasteiger charge is 2.51. The van der Waals surface area contributed by atoms with Crippen molar-refractivity contribution in [2.24, 2.45) is 10.6 Å². The summed E-state index contributed by atoms with van der Waals surface area (Å²) in [5.74, 6) is 0.175. The van der Waals surface area contributed by atoms with Crippen LogP contribution in [0.25, 0.3) is 10.9 Å². The second-order valence-electron chi connectivity index (χ2n) is 16.0. The molecule has 1 spiro atoms. The largest absolute Gasteiger partial charge is 0.491 e. The molecule has 0 bridgehead atoms. The van der Waals surface area contributed by atoms with E-state index in [-0.39, 0.29) is 41.8 Å². The fraction of sp³-hybridized carbons (Fsp3) is 0.568. The van der Waals surface area contributed by atoms with E-state index in [9.17, 15) is 31.5 Å². The number of ether oxygens (including phenoxy) is 3. The maximum absolute atomic E-state index is 14.1. The van der Waals surface area contributed by atoms with E-state index in [1.807, 2.05) is 33.8 Å². The number of para-hydroxylation sites is 1. The minimum atomic E-state index is -4.14. The summed E-state index contributed by atoms with van der Waals surface area (Å²) in [6.07, 6.45) is 0.526. The molecule has 14 nitrogen and oxygen atoms in total. The molecule has 0 saturated carbocycles. The summed E-state index contributed by atoms with van der Waals surface area (Å²) in [6, 6.07) is 11.2. The van der Waals surface area contributed by atoms with Crippen LogP contribution in [-0.4, -0.2) is 97.5 Å². The molecular formula is C37H52N4O10S2. The Morgan fingerprint density at radius 1 is 1.06 bits per heavy atom. The van der Waals surface area contributed by atoms with Gasteiger partial charge in [0.05, 0.1) is 34.7 Å². The van der Waals surface area contributed by atoms with Crippen molar-refractivity contribution in [1.82, 2.24) is 13.8 Å². The van der Waals surface area contributed by atoms with Crippen LogP contribution in [0.4, 0.5) is 4.79 Å². The summed E-state index contributed by atoms with van der Waals surface area (Å²) >= 11 is 0. The number of rotatable bonds is 10. The van der Waals surface area contributed by atoms with Crippen LogP contribution in [-0.2, 0) is 36.1 Å². The average Bonchev–Trinajstić information content (AvgIpc) is 3.47. The number of nitrogens with two attached hydrogens (primary N) is 1. The van der Waals surface area contributed by atoms with Gasteiger partial charge in [0.15, 0.2) is 0 Å². The number of pyridine rings is 1. The molecule has 3 heterocycles. The minimum Gasteiger partial charge on any atom is -0.491 e. The van der Waals surface area contributed by atoms with Gasteiger partial charge in [-0.2, -0.15) is 4.31 Å². The Morgan fingerprint density at radius 2 is 1.72 bits per heavy atom. The summed E-state index contributed by atoms with van der Waals surface area (Å²) < 4.78 is 72.9. The van der Waals surface area contributed by atoms with Crippen LogP contribution in [0.3, 0.4) is 0 Å². The Balaban J connectivity index is 1.37. The van der Waals surface area contributed by atoms with E-state index in [1.165, 1.54) is 33.6 Å². The molecule has 1 aromatic heterocycles. The summed E-state index contributed by atoms with van der Waals surface area (Å²) in [7, 11) is -8.12. The molecule has 5 rings (SSSR count). The molecule has 2 aliphatic heterocycles. The zero-order valence-electron chi connectivity index (χ0n) is 31.4. The number of primary sulfonamides is 1. The lowest BCUT2D eigenvalue weighted by molar-refractivity contribution is -0.0615.